The number of likely N-dealkylation sites (tertiary alicyclic amines) is 1. The van der Waals surface area contributed by atoms with Crippen LogP contribution < -0.4 is 5.32 Å². The first-order valence-electron chi connectivity index (χ1n) is 12.4. The predicted molar refractivity (Wildman–Crippen MR) is 127 cm³/mol. The lowest BCUT2D eigenvalue weighted by Gasteiger charge is -2.51. The van der Waals surface area contributed by atoms with Gasteiger partial charge in [0.15, 0.2) is 0 Å². The van der Waals surface area contributed by atoms with Crippen LogP contribution >= 0.6 is 0 Å². The zero-order valence-electron chi connectivity index (χ0n) is 20.5. The Bertz CT molecular complexity index is 872. The summed E-state index contributed by atoms with van der Waals surface area (Å²) >= 11 is 0. The van der Waals surface area contributed by atoms with Gasteiger partial charge in [-0.25, -0.2) is 4.79 Å². The lowest BCUT2D eigenvalue weighted by atomic mass is 9.80. The molecule has 34 heavy (non-hydrogen) atoms. The predicted octanol–water partition coefficient (Wildman–Crippen LogP) is 3.72. The molecule has 1 saturated carbocycles. The van der Waals surface area contributed by atoms with Crippen molar-refractivity contribution in [1.82, 2.24) is 10.2 Å². The van der Waals surface area contributed by atoms with Gasteiger partial charge in [-0.2, -0.15) is 0 Å². The summed E-state index contributed by atoms with van der Waals surface area (Å²) in [5.74, 6) is 0.522. The SMILES string of the molecule is CC(C)(C)OC(=O)N1CCCC2(COCC(=O)N2)C1COC1CCC(c2ccccc2O)CC1. The zero-order chi connectivity index (χ0) is 24.3. The fourth-order valence-corrected chi connectivity index (χ4v) is 5.56. The summed E-state index contributed by atoms with van der Waals surface area (Å²) in [6.45, 7) is 6.82. The summed E-state index contributed by atoms with van der Waals surface area (Å²) in [7, 11) is 0. The number of carbonyl (C=O) groups is 2. The third kappa shape index (κ3) is 5.66. The third-order valence-corrected chi connectivity index (χ3v) is 7.19. The Balaban J connectivity index is 1.43. The van der Waals surface area contributed by atoms with Crippen molar-refractivity contribution < 1.29 is 28.9 Å². The molecule has 3 aliphatic rings. The number of phenolic OH excluding ortho intramolecular Hbond substituents is 1. The minimum absolute atomic E-state index is 0.0398. The van der Waals surface area contributed by atoms with E-state index in [0.717, 1.165) is 44.1 Å². The van der Waals surface area contributed by atoms with Gasteiger partial charge in [-0.1, -0.05) is 18.2 Å². The number of phenols is 1. The Morgan fingerprint density at radius 2 is 1.97 bits per heavy atom. The molecule has 2 aliphatic heterocycles. The molecule has 2 amide bonds. The summed E-state index contributed by atoms with van der Waals surface area (Å²) in [5, 5.41) is 13.3. The van der Waals surface area contributed by atoms with E-state index in [4.69, 9.17) is 14.2 Å². The molecule has 1 aliphatic carbocycles. The standard InChI is InChI=1S/C26H38N2O6/c1-25(2,3)34-24(31)28-14-6-13-26(17-32-16-23(30)27-26)22(28)15-33-19-11-9-18(10-12-19)20-7-4-5-8-21(20)29/h4-5,7-8,18-19,22,29H,6,9-17H2,1-3H3,(H,27,30). The molecule has 2 N–H and O–H groups in total. The quantitative estimate of drug-likeness (QED) is 0.690. The van der Waals surface area contributed by atoms with E-state index in [1.165, 1.54) is 0 Å². The van der Waals surface area contributed by atoms with Crippen LogP contribution in [0.25, 0.3) is 0 Å². The van der Waals surface area contributed by atoms with Crippen LogP contribution in [0.5, 0.6) is 5.75 Å². The van der Waals surface area contributed by atoms with Crippen molar-refractivity contribution in [1.29, 1.82) is 0 Å². The van der Waals surface area contributed by atoms with E-state index < -0.39 is 11.1 Å². The summed E-state index contributed by atoms with van der Waals surface area (Å²) in [4.78, 5) is 27.1. The number of morpholine rings is 1. The monoisotopic (exact) mass is 474 g/mol. The Hall–Kier alpha value is -2.32. The molecule has 188 valence electrons. The van der Waals surface area contributed by atoms with E-state index in [9.17, 15) is 14.7 Å². The average molecular weight is 475 g/mol. The molecule has 8 nitrogen and oxygen atoms in total. The van der Waals surface area contributed by atoms with Crippen LogP contribution in [0, 0.1) is 0 Å². The summed E-state index contributed by atoms with van der Waals surface area (Å²) in [6, 6.07) is 7.18. The van der Waals surface area contributed by atoms with Crippen LogP contribution in [-0.4, -0.2) is 71.7 Å². The summed E-state index contributed by atoms with van der Waals surface area (Å²) in [5.41, 5.74) is -0.274. The second-order valence-electron chi connectivity index (χ2n) is 10.9. The largest absolute Gasteiger partial charge is 0.508 e. The summed E-state index contributed by atoms with van der Waals surface area (Å²) < 4.78 is 17.7. The number of nitrogens with zero attached hydrogens (tertiary/aromatic N) is 1. The Morgan fingerprint density at radius 3 is 2.65 bits per heavy atom. The minimum atomic E-state index is -0.669. The van der Waals surface area contributed by atoms with Crippen LogP contribution in [0.1, 0.15) is 70.8 Å². The first-order chi connectivity index (χ1) is 16.2. The van der Waals surface area contributed by atoms with Gasteiger partial charge in [-0.3, -0.25) is 4.79 Å². The molecule has 3 fully saturated rings. The van der Waals surface area contributed by atoms with Crippen molar-refractivity contribution in [2.75, 3.05) is 26.4 Å². The fourth-order valence-electron chi connectivity index (χ4n) is 5.56. The number of amides is 2. The van der Waals surface area contributed by atoms with E-state index in [-0.39, 0.29) is 30.8 Å². The van der Waals surface area contributed by atoms with E-state index in [0.29, 0.717) is 31.4 Å². The topological polar surface area (TPSA) is 97.3 Å². The zero-order valence-corrected chi connectivity index (χ0v) is 20.5. The number of para-hydroxylation sites is 1. The lowest BCUT2D eigenvalue weighted by Crippen LogP contribution is -2.72. The highest BCUT2D eigenvalue weighted by molar-refractivity contribution is 5.79. The number of nitrogens with one attached hydrogen (secondary N) is 1. The lowest BCUT2D eigenvalue weighted by molar-refractivity contribution is -0.144. The van der Waals surface area contributed by atoms with Crippen molar-refractivity contribution in [3.05, 3.63) is 29.8 Å². The number of hydrogen-bond acceptors (Lipinski definition) is 6. The minimum Gasteiger partial charge on any atom is -0.508 e. The fraction of sp³-hybridized carbons (Fsp3) is 0.692. The molecule has 2 atom stereocenters. The van der Waals surface area contributed by atoms with Crippen LogP contribution in [0.2, 0.25) is 0 Å². The van der Waals surface area contributed by atoms with Gasteiger partial charge in [0.1, 0.15) is 18.0 Å². The maximum Gasteiger partial charge on any atom is 0.410 e. The maximum absolute atomic E-state index is 13.1. The van der Waals surface area contributed by atoms with Crippen molar-refractivity contribution in [2.24, 2.45) is 0 Å². The van der Waals surface area contributed by atoms with Crippen molar-refractivity contribution >= 4 is 12.0 Å². The number of hydrogen-bond donors (Lipinski definition) is 2. The van der Waals surface area contributed by atoms with Gasteiger partial charge < -0.3 is 29.5 Å². The highest BCUT2D eigenvalue weighted by Crippen LogP contribution is 2.38. The van der Waals surface area contributed by atoms with E-state index in [1.807, 2.05) is 39.0 Å². The molecule has 2 unspecified atom stereocenters. The molecule has 1 spiro atoms. The normalized spacial score (nSPS) is 30.1. The maximum atomic E-state index is 13.1. The smallest absolute Gasteiger partial charge is 0.410 e. The molecule has 4 rings (SSSR count). The second-order valence-corrected chi connectivity index (χ2v) is 10.9. The van der Waals surface area contributed by atoms with Crippen LogP contribution in [0.3, 0.4) is 0 Å². The van der Waals surface area contributed by atoms with Gasteiger partial charge in [0, 0.05) is 6.54 Å². The van der Waals surface area contributed by atoms with Crippen LogP contribution in [0.15, 0.2) is 24.3 Å². The Labute approximate surface area is 201 Å². The molecule has 8 heteroatoms. The third-order valence-electron chi connectivity index (χ3n) is 7.19. The molecule has 2 saturated heterocycles. The molecule has 0 aromatic heterocycles. The second kappa shape index (κ2) is 10.1. The molecule has 1 aromatic carbocycles. The van der Waals surface area contributed by atoms with E-state index >= 15 is 0 Å². The molecule has 0 radical (unpaired) electrons. The molecule has 2 heterocycles. The van der Waals surface area contributed by atoms with Crippen molar-refractivity contribution in [3.63, 3.8) is 0 Å². The highest BCUT2D eigenvalue weighted by atomic mass is 16.6. The van der Waals surface area contributed by atoms with Gasteiger partial charge in [-0.15, -0.1) is 0 Å². The van der Waals surface area contributed by atoms with Gasteiger partial charge in [-0.05, 0) is 76.8 Å². The number of rotatable bonds is 4. The van der Waals surface area contributed by atoms with Crippen LogP contribution in [-0.2, 0) is 19.0 Å². The highest BCUT2D eigenvalue weighted by Gasteiger charge is 2.50. The van der Waals surface area contributed by atoms with E-state index in [2.05, 4.69) is 5.32 Å². The number of aromatic hydroxyl groups is 1. The number of piperidine rings is 1. The summed E-state index contributed by atoms with van der Waals surface area (Å²) in [6.07, 6.45) is 4.81. The Morgan fingerprint density at radius 1 is 1.24 bits per heavy atom. The van der Waals surface area contributed by atoms with Gasteiger partial charge in [0.25, 0.3) is 0 Å². The first kappa shape index (κ1) is 24.8. The molecule has 0 bridgehead atoms. The first-order valence-corrected chi connectivity index (χ1v) is 12.4. The van der Waals surface area contributed by atoms with Gasteiger partial charge in [0.05, 0.1) is 30.9 Å². The van der Waals surface area contributed by atoms with Crippen molar-refractivity contribution in [2.45, 2.75) is 88.5 Å². The number of carbonyl (C=O) groups excluding carboxylic acids is 2. The molecular weight excluding hydrogens is 436 g/mol. The van der Waals surface area contributed by atoms with Crippen molar-refractivity contribution in [3.8, 4) is 5.75 Å². The average Bonchev–Trinajstić information content (AvgIpc) is 2.78. The van der Waals surface area contributed by atoms with Gasteiger partial charge in [0.2, 0.25) is 5.91 Å². The molecular formula is C26H38N2O6. The number of ether oxygens (including phenoxy) is 3. The molecule has 1 aromatic rings. The van der Waals surface area contributed by atoms with E-state index in [1.54, 1.807) is 11.0 Å². The van der Waals surface area contributed by atoms with Gasteiger partial charge >= 0.3 is 6.09 Å². The number of benzene rings is 1. The Kier molecular flexibility index (Phi) is 7.38. The van der Waals surface area contributed by atoms with Crippen LogP contribution in [0.4, 0.5) is 4.79 Å².